The van der Waals surface area contributed by atoms with Crippen LogP contribution in [0.5, 0.6) is 0 Å². The topological polar surface area (TPSA) is 26.0 Å². The van der Waals surface area contributed by atoms with Crippen LogP contribution in [0, 0.1) is 6.92 Å². The minimum absolute atomic E-state index is 0.113. The van der Waals surface area contributed by atoms with Crippen LogP contribution in [0.4, 0.5) is 0 Å². The standard InChI is InChI=1S/C18H16BrN/c1-12-9-10-14(11-17(12)19)18(20)16-8-4-6-13-5-2-3-7-15(13)16/h2-11,18H,20H2,1H3. The lowest BCUT2D eigenvalue weighted by Gasteiger charge is -2.16. The average Bonchev–Trinajstić information content (AvgIpc) is 2.49. The molecular formula is C18H16BrN. The van der Waals surface area contributed by atoms with Crippen molar-refractivity contribution in [2.75, 3.05) is 0 Å². The van der Waals surface area contributed by atoms with Gasteiger partial charge in [-0.3, -0.25) is 0 Å². The fourth-order valence-corrected chi connectivity index (χ4v) is 2.90. The van der Waals surface area contributed by atoms with Crippen molar-refractivity contribution in [2.24, 2.45) is 5.73 Å². The van der Waals surface area contributed by atoms with Gasteiger partial charge in [-0.05, 0) is 40.5 Å². The molecule has 2 heteroatoms. The van der Waals surface area contributed by atoms with E-state index in [1.807, 2.05) is 0 Å². The molecule has 1 nitrogen and oxygen atoms in total. The summed E-state index contributed by atoms with van der Waals surface area (Å²) in [5.74, 6) is 0. The third-order valence-corrected chi connectivity index (χ3v) is 4.57. The van der Waals surface area contributed by atoms with E-state index in [-0.39, 0.29) is 6.04 Å². The SMILES string of the molecule is Cc1ccc(C(N)c2cccc3ccccc23)cc1Br. The van der Waals surface area contributed by atoms with Gasteiger partial charge in [-0.15, -0.1) is 0 Å². The number of aryl methyl sites for hydroxylation is 1. The highest BCUT2D eigenvalue weighted by atomic mass is 79.9. The molecule has 0 heterocycles. The third-order valence-electron chi connectivity index (χ3n) is 3.71. The molecule has 3 aromatic rings. The zero-order valence-corrected chi connectivity index (χ0v) is 12.9. The molecule has 0 fully saturated rings. The van der Waals surface area contributed by atoms with Gasteiger partial charge in [0.05, 0.1) is 6.04 Å². The number of benzene rings is 3. The highest BCUT2D eigenvalue weighted by molar-refractivity contribution is 9.10. The van der Waals surface area contributed by atoms with Crippen LogP contribution in [0.15, 0.2) is 65.1 Å². The lowest BCUT2D eigenvalue weighted by atomic mass is 9.94. The van der Waals surface area contributed by atoms with E-state index in [1.165, 1.54) is 21.9 Å². The highest BCUT2D eigenvalue weighted by Gasteiger charge is 2.12. The van der Waals surface area contributed by atoms with Gasteiger partial charge in [0.2, 0.25) is 0 Å². The van der Waals surface area contributed by atoms with Gasteiger partial charge < -0.3 is 5.73 Å². The Labute approximate surface area is 127 Å². The van der Waals surface area contributed by atoms with E-state index >= 15 is 0 Å². The van der Waals surface area contributed by atoms with Crippen LogP contribution in [-0.4, -0.2) is 0 Å². The molecule has 0 bridgehead atoms. The zero-order valence-electron chi connectivity index (χ0n) is 11.3. The predicted octanol–water partition coefficient (Wildman–Crippen LogP) is 4.96. The summed E-state index contributed by atoms with van der Waals surface area (Å²) in [6.07, 6.45) is 0. The van der Waals surface area contributed by atoms with Crippen LogP contribution in [-0.2, 0) is 0 Å². The highest BCUT2D eigenvalue weighted by Crippen LogP contribution is 2.29. The smallest absolute Gasteiger partial charge is 0.0558 e. The van der Waals surface area contributed by atoms with Gasteiger partial charge in [0.15, 0.2) is 0 Å². The van der Waals surface area contributed by atoms with Crippen molar-refractivity contribution in [2.45, 2.75) is 13.0 Å². The summed E-state index contributed by atoms with van der Waals surface area (Å²) in [6, 6.07) is 20.9. The molecule has 1 unspecified atom stereocenters. The summed E-state index contributed by atoms with van der Waals surface area (Å²) in [4.78, 5) is 0. The Kier molecular flexibility index (Phi) is 3.60. The molecule has 0 aliphatic rings. The monoisotopic (exact) mass is 325 g/mol. The second kappa shape index (κ2) is 5.39. The molecule has 20 heavy (non-hydrogen) atoms. The molecule has 0 aromatic heterocycles. The largest absolute Gasteiger partial charge is 0.320 e. The van der Waals surface area contributed by atoms with Crippen molar-refractivity contribution in [3.05, 3.63) is 81.8 Å². The van der Waals surface area contributed by atoms with Crippen molar-refractivity contribution >= 4 is 26.7 Å². The van der Waals surface area contributed by atoms with E-state index in [0.717, 1.165) is 10.0 Å². The molecule has 0 radical (unpaired) electrons. The summed E-state index contributed by atoms with van der Waals surface area (Å²) in [5.41, 5.74) is 9.99. The van der Waals surface area contributed by atoms with Crippen LogP contribution < -0.4 is 5.73 Å². The first-order chi connectivity index (χ1) is 9.66. The average molecular weight is 326 g/mol. The van der Waals surface area contributed by atoms with Crippen LogP contribution in [0.3, 0.4) is 0 Å². The molecule has 100 valence electrons. The molecule has 0 saturated carbocycles. The third kappa shape index (κ3) is 2.37. The summed E-state index contributed by atoms with van der Waals surface area (Å²) < 4.78 is 1.10. The maximum Gasteiger partial charge on any atom is 0.0558 e. The molecular weight excluding hydrogens is 310 g/mol. The molecule has 2 N–H and O–H groups in total. The summed E-state index contributed by atoms with van der Waals surface area (Å²) in [7, 11) is 0. The Morgan fingerprint density at radius 3 is 2.50 bits per heavy atom. The van der Waals surface area contributed by atoms with E-state index in [2.05, 4.69) is 83.5 Å². The summed E-state index contributed by atoms with van der Waals surface area (Å²) >= 11 is 3.58. The first-order valence-electron chi connectivity index (χ1n) is 6.66. The van der Waals surface area contributed by atoms with Gasteiger partial charge in [-0.2, -0.15) is 0 Å². The van der Waals surface area contributed by atoms with Gasteiger partial charge in [0.1, 0.15) is 0 Å². The molecule has 0 aliphatic heterocycles. The number of nitrogens with two attached hydrogens (primary N) is 1. The van der Waals surface area contributed by atoms with E-state index in [0.29, 0.717) is 0 Å². The maximum atomic E-state index is 6.48. The van der Waals surface area contributed by atoms with Gasteiger partial charge in [-0.1, -0.05) is 70.5 Å². The van der Waals surface area contributed by atoms with Gasteiger partial charge >= 0.3 is 0 Å². The van der Waals surface area contributed by atoms with Crippen molar-refractivity contribution < 1.29 is 0 Å². The number of fused-ring (bicyclic) bond motifs is 1. The van der Waals surface area contributed by atoms with Crippen molar-refractivity contribution in [3.63, 3.8) is 0 Å². The predicted molar refractivity (Wildman–Crippen MR) is 88.9 cm³/mol. The fourth-order valence-electron chi connectivity index (χ4n) is 2.50. The van der Waals surface area contributed by atoms with E-state index in [9.17, 15) is 0 Å². The van der Waals surface area contributed by atoms with Gasteiger partial charge in [0, 0.05) is 4.47 Å². The minimum Gasteiger partial charge on any atom is -0.320 e. The second-order valence-electron chi connectivity index (χ2n) is 5.05. The van der Waals surface area contributed by atoms with E-state index in [1.54, 1.807) is 0 Å². The van der Waals surface area contributed by atoms with E-state index < -0.39 is 0 Å². The van der Waals surface area contributed by atoms with Crippen LogP contribution in [0.2, 0.25) is 0 Å². The lowest BCUT2D eigenvalue weighted by molar-refractivity contribution is 0.879. The Bertz CT molecular complexity index is 759. The molecule has 0 aliphatic carbocycles. The first-order valence-corrected chi connectivity index (χ1v) is 7.45. The molecule has 0 spiro atoms. The van der Waals surface area contributed by atoms with Crippen molar-refractivity contribution in [1.29, 1.82) is 0 Å². The van der Waals surface area contributed by atoms with Crippen LogP contribution >= 0.6 is 15.9 Å². The van der Waals surface area contributed by atoms with Gasteiger partial charge in [0.25, 0.3) is 0 Å². The first kappa shape index (κ1) is 13.3. The van der Waals surface area contributed by atoms with Crippen LogP contribution in [0.25, 0.3) is 10.8 Å². The fraction of sp³-hybridized carbons (Fsp3) is 0.111. The summed E-state index contributed by atoms with van der Waals surface area (Å²) in [6.45, 7) is 2.08. The van der Waals surface area contributed by atoms with Crippen molar-refractivity contribution in [1.82, 2.24) is 0 Å². The van der Waals surface area contributed by atoms with Crippen LogP contribution in [0.1, 0.15) is 22.7 Å². The molecule has 1 atom stereocenters. The van der Waals surface area contributed by atoms with Gasteiger partial charge in [-0.25, -0.2) is 0 Å². The molecule has 3 aromatic carbocycles. The number of halogens is 1. The van der Waals surface area contributed by atoms with Crippen molar-refractivity contribution in [3.8, 4) is 0 Å². The number of hydrogen-bond acceptors (Lipinski definition) is 1. The Morgan fingerprint density at radius 2 is 1.70 bits per heavy atom. The number of rotatable bonds is 2. The zero-order chi connectivity index (χ0) is 14.1. The van der Waals surface area contributed by atoms with E-state index in [4.69, 9.17) is 5.73 Å². The Hall–Kier alpha value is -1.64. The molecule has 0 saturated heterocycles. The molecule has 3 rings (SSSR count). The Morgan fingerprint density at radius 1 is 0.950 bits per heavy atom. The second-order valence-corrected chi connectivity index (χ2v) is 5.91. The minimum atomic E-state index is -0.113. The normalized spacial score (nSPS) is 12.6. The maximum absolute atomic E-state index is 6.48. The Balaban J connectivity index is 2.12. The quantitative estimate of drug-likeness (QED) is 0.708. The lowest BCUT2D eigenvalue weighted by Crippen LogP contribution is -2.12. The molecule has 0 amide bonds. The summed E-state index contributed by atoms with van der Waals surface area (Å²) in [5, 5.41) is 2.45. The number of hydrogen-bond donors (Lipinski definition) is 1.